The number of rotatable bonds is 8. The molecule has 1 fully saturated rings. The third kappa shape index (κ3) is 6.12. The van der Waals surface area contributed by atoms with Gasteiger partial charge in [0, 0.05) is 30.3 Å². The second-order valence-electron chi connectivity index (χ2n) is 9.75. The van der Waals surface area contributed by atoms with E-state index in [1.165, 1.54) is 57.1 Å². The number of fused-ring (bicyclic) bond motifs is 1. The summed E-state index contributed by atoms with van der Waals surface area (Å²) in [6.45, 7) is 1.04. The molecule has 212 valence electrons. The Hall–Kier alpha value is -3.12. The zero-order valence-electron chi connectivity index (χ0n) is 21.8. The molecule has 0 bridgehead atoms. The molecule has 2 aliphatic rings. The highest BCUT2D eigenvalue weighted by Gasteiger charge is 2.31. The van der Waals surface area contributed by atoms with E-state index < -0.39 is 26.0 Å². The first-order chi connectivity index (χ1) is 19.1. The minimum absolute atomic E-state index is 0.137. The first kappa shape index (κ1) is 28.4. The summed E-state index contributed by atoms with van der Waals surface area (Å²) in [5.41, 5.74) is 1.81. The van der Waals surface area contributed by atoms with Crippen molar-refractivity contribution in [2.45, 2.75) is 41.9 Å². The zero-order valence-corrected chi connectivity index (χ0v) is 24.1. The van der Waals surface area contributed by atoms with E-state index in [0.717, 1.165) is 31.2 Å². The minimum Gasteiger partial charge on any atom is -0.484 e. The number of amides is 1. The molecule has 2 heterocycles. The molecule has 1 amide bonds. The Morgan fingerprint density at radius 2 is 1.43 bits per heavy atom. The largest absolute Gasteiger partial charge is 0.484 e. The SMILES string of the molecule is O=C(COc1ccc(S(=O)(=O)N2CCCCCC2)cc1)Nc1ccc2c(c1)N(S(=O)(=O)c1ccc(Cl)cc1)CC2. The number of benzene rings is 3. The van der Waals surface area contributed by atoms with Crippen LogP contribution in [0.3, 0.4) is 0 Å². The summed E-state index contributed by atoms with van der Waals surface area (Å²) in [7, 11) is -7.36. The number of carbonyl (C=O) groups is 1. The van der Waals surface area contributed by atoms with Crippen molar-refractivity contribution in [1.82, 2.24) is 4.31 Å². The Bertz CT molecular complexity index is 1590. The standard InChI is InChI=1S/C28H30ClN3O6S2/c29-22-6-11-26(12-7-22)40(36,37)32-18-15-21-5-8-23(19-27(21)32)30-28(33)20-38-24-9-13-25(14-10-24)39(34,35)31-16-3-1-2-4-17-31/h5-14,19H,1-4,15-18,20H2,(H,30,33). The Kier molecular flexibility index (Phi) is 8.37. The summed E-state index contributed by atoms with van der Waals surface area (Å²) >= 11 is 5.91. The van der Waals surface area contributed by atoms with Crippen LogP contribution in [0.25, 0.3) is 0 Å². The number of ether oxygens (including phenoxy) is 1. The van der Waals surface area contributed by atoms with Crippen molar-refractivity contribution < 1.29 is 26.4 Å². The van der Waals surface area contributed by atoms with Gasteiger partial charge in [-0.3, -0.25) is 9.10 Å². The van der Waals surface area contributed by atoms with Gasteiger partial charge in [0.15, 0.2) is 6.61 Å². The molecule has 9 nitrogen and oxygen atoms in total. The van der Waals surface area contributed by atoms with Crippen molar-refractivity contribution in [2.24, 2.45) is 0 Å². The molecule has 0 aromatic heterocycles. The van der Waals surface area contributed by atoms with Crippen molar-refractivity contribution in [3.05, 3.63) is 77.3 Å². The van der Waals surface area contributed by atoms with Crippen LogP contribution in [0.5, 0.6) is 5.75 Å². The van der Waals surface area contributed by atoms with Gasteiger partial charge in [0.25, 0.3) is 15.9 Å². The summed E-state index contributed by atoms with van der Waals surface area (Å²) in [5.74, 6) is -0.0783. The Morgan fingerprint density at radius 3 is 2.10 bits per heavy atom. The van der Waals surface area contributed by atoms with Gasteiger partial charge in [-0.2, -0.15) is 4.31 Å². The Balaban J connectivity index is 1.21. The van der Waals surface area contributed by atoms with Crippen LogP contribution in [0.2, 0.25) is 5.02 Å². The molecule has 3 aromatic carbocycles. The molecule has 40 heavy (non-hydrogen) atoms. The van der Waals surface area contributed by atoms with Crippen molar-refractivity contribution in [2.75, 3.05) is 35.9 Å². The van der Waals surface area contributed by atoms with E-state index in [1.807, 2.05) is 0 Å². The number of halogens is 1. The summed E-state index contributed by atoms with van der Waals surface area (Å²) < 4.78 is 60.8. The molecular formula is C28H30ClN3O6S2. The van der Waals surface area contributed by atoms with Crippen LogP contribution in [0.1, 0.15) is 31.2 Å². The number of sulfonamides is 2. The lowest BCUT2D eigenvalue weighted by Gasteiger charge is -2.20. The molecule has 0 radical (unpaired) electrons. The van der Waals surface area contributed by atoms with Gasteiger partial charge in [-0.15, -0.1) is 0 Å². The maximum Gasteiger partial charge on any atom is 0.264 e. The van der Waals surface area contributed by atoms with Crippen LogP contribution in [0.15, 0.2) is 76.5 Å². The Labute approximate surface area is 239 Å². The van der Waals surface area contributed by atoms with Crippen LogP contribution in [0.4, 0.5) is 11.4 Å². The predicted molar refractivity (Wildman–Crippen MR) is 154 cm³/mol. The fraction of sp³-hybridized carbons (Fsp3) is 0.321. The van der Waals surface area contributed by atoms with Crippen molar-refractivity contribution in [1.29, 1.82) is 0 Å². The number of anilines is 2. The van der Waals surface area contributed by atoms with E-state index in [9.17, 15) is 21.6 Å². The number of carbonyl (C=O) groups excluding carboxylic acids is 1. The molecule has 0 unspecified atom stereocenters. The molecule has 1 N–H and O–H groups in total. The molecule has 1 saturated heterocycles. The third-order valence-corrected chi connectivity index (χ3v) is 11.0. The minimum atomic E-state index is -3.79. The van der Waals surface area contributed by atoms with Gasteiger partial charge in [-0.1, -0.05) is 30.5 Å². The highest BCUT2D eigenvalue weighted by atomic mass is 35.5. The van der Waals surface area contributed by atoms with Gasteiger partial charge in [-0.25, -0.2) is 16.8 Å². The van der Waals surface area contributed by atoms with Crippen molar-refractivity contribution >= 4 is 48.9 Å². The average molecular weight is 604 g/mol. The van der Waals surface area contributed by atoms with E-state index in [4.69, 9.17) is 16.3 Å². The van der Waals surface area contributed by atoms with E-state index in [2.05, 4.69) is 5.32 Å². The molecule has 0 spiro atoms. The molecule has 3 aromatic rings. The monoisotopic (exact) mass is 603 g/mol. The summed E-state index contributed by atoms with van der Waals surface area (Å²) in [5, 5.41) is 3.19. The zero-order chi connectivity index (χ0) is 28.3. The van der Waals surface area contributed by atoms with Gasteiger partial charge in [0.1, 0.15) is 5.75 Å². The van der Waals surface area contributed by atoms with Crippen molar-refractivity contribution in [3.8, 4) is 5.75 Å². The number of nitrogens with zero attached hydrogens (tertiary/aromatic N) is 2. The molecule has 0 atom stereocenters. The quantitative estimate of drug-likeness (QED) is 0.400. The van der Waals surface area contributed by atoms with Gasteiger partial charge in [-0.05, 0) is 85.5 Å². The summed E-state index contributed by atoms with van der Waals surface area (Å²) in [6, 6.07) is 17.2. The number of hydrogen-bond acceptors (Lipinski definition) is 6. The number of nitrogens with one attached hydrogen (secondary N) is 1. The van der Waals surface area contributed by atoms with E-state index in [1.54, 1.807) is 18.2 Å². The second-order valence-corrected chi connectivity index (χ2v) is 14.0. The van der Waals surface area contributed by atoms with Crippen LogP contribution in [0, 0.1) is 0 Å². The van der Waals surface area contributed by atoms with Gasteiger partial charge in [0.2, 0.25) is 10.0 Å². The normalized spacial score (nSPS) is 16.3. The fourth-order valence-electron chi connectivity index (χ4n) is 4.90. The third-order valence-electron chi connectivity index (χ3n) is 7.02. The van der Waals surface area contributed by atoms with Crippen molar-refractivity contribution in [3.63, 3.8) is 0 Å². The highest BCUT2D eigenvalue weighted by molar-refractivity contribution is 7.92. The molecular weight excluding hydrogens is 574 g/mol. The lowest BCUT2D eigenvalue weighted by molar-refractivity contribution is -0.118. The van der Waals surface area contributed by atoms with Gasteiger partial charge < -0.3 is 10.1 Å². The summed E-state index contributed by atoms with van der Waals surface area (Å²) in [4.78, 5) is 12.9. The molecule has 12 heteroatoms. The van der Waals surface area contributed by atoms with Gasteiger partial charge >= 0.3 is 0 Å². The first-order valence-electron chi connectivity index (χ1n) is 13.1. The second kappa shape index (κ2) is 11.8. The van der Waals surface area contributed by atoms with Crippen LogP contribution >= 0.6 is 11.6 Å². The maximum atomic E-state index is 13.2. The smallest absolute Gasteiger partial charge is 0.264 e. The van der Waals surface area contributed by atoms with E-state index in [0.29, 0.717) is 48.2 Å². The molecule has 0 aliphatic carbocycles. The van der Waals surface area contributed by atoms with E-state index in [-0.39, 0.29) is 16.4 Å². The molecule has 5 rings (SSSR count). The molecule has 0 saturated carbocycles. The van der Waals surface area contributed by atoms with Crippen LogP contribution in [-0.2, 0) is 31.3 Å². The topological polar surface area (TPSA) is 113 Å². The fourth-order valence-corrected chi connectivity index (χ4v) is 8.03. The maximum absolute atomic E-state index is 13.2. The highest BCUT2D eigenvalue weighted by Crippen LogP contribution is 2.35. The summed E-state index contributed by atoms with van der Waals surface area (Å²) in [6.07, 6.45) is 4.34. The van der Waals surface area contributed by atoms with Crippen LogP contribution < -0.4 is 14.4 Å². The predicted octanol–water partition coefficient (Wildman–Crippen LogP) is 4.67. The lowest BCUT2D eigenvalue weighted by atomic mass is 10.1. The lowest BCUT2D eigenvalue weighted by Crippen LogP contribution is -2.31. The van der Waals surface area contributed by atoms with Gasteiger partial charge in [0.05, 0.1) is 15.5 Å². The first-order valence-corrected chi connectivity index (χ1v) is 16.3. The molecule has 2 aliphatic heterocycles. The number of hydrogen-bond donors (Lipinski definition) is 1. The van der Waals surface area contributed by atoms with Crippen LogP contribution in [-0.4, -0.2) is 53.3 Å². The van der Waals surface area contributed by atoms with E-state index >= 15 is 0 Å². The Morgan fingerprint density at radius 1 is 0.800 bits per heavy atom. The average Bonchev–Trinajstić information content (AvgIpc) is 3.17.